The average Bonchev–Trinajstić information content (AvgIpc) is 2.55. The normalized spacial score (nSPS) is 21.5. The summed E-state index contributed by atoms with van der Waals surface area (Å²) in [5, 5.41) is 3.52. The zero-order valence-electron chi connectivity index (χ0n) is 13.0. The number of piperazine rings is 1. The number of carbonyl (C=O) groups is 1. The van der Waals surface area contributed by atoms with Gasteiger partial charge in [0.05, 0.1) is 5.54 Å². The molecule has 3 rings (SSSR count). The lowest BCUT2D eigenvalue weighted by Gasteiger charge is -2.50. The van der Waals surface area contributed by atoms with Crippen molar-refractivity contribution < 1.29 is 4.79 Å². The van der Waals surface area contributed by atoms with Gasteiger partial charge in [0.15, 0.2) is 0 Å². The Bertz CT molecular complexity index is 497. The molecule has 0 bridgehead atoms. The van der Waals surface area contributed by atoms with Crippen molar-refractivity contribution in [2.75, 3.05) is 19.6 Å². The SMILES string of the molecule is CCc1ccccc1C(=O)N1CCNCC12CCCCC2. The van der Waals surface area contributed by atoms with Crippen molar-refractivity contribution in [2.45, 2.75) is 51.0 Å². The monoisotopic (exact) mass is 286 g/mol. The Morgan fingerprint density at radius 3 is 2.76 bits per heavy atom. The minimum absolute atomic E-state index is 0.0639. The predicted octanol–water partition coefficient (Wildman–Crippen LogP) is 3.00. The third-order valence-electron chi connectivity index (χ3n) is 5.20. The van der Waals surface area contributed by atoms with Gasteiger partial charge in [0.2, 0.25) is 0 Å². The number of hydrogen-bond acceptors (Lipinski definition) is 2. The van der Waals surface area contributed by atoms with E-state index in [0.29, 0.717) is 0 Å². The van der Waals surface area contributed by atoms with Gasteiger partial charge in [-0.1, -0.05) is 44.4 Å². The molecule has 1 aromatic rings. The second-order valence-corrected chi connectivity index (χ2v) is 6.43. The van der Waals surface area contributed by atoms with Crippen molar-refractivity contribution in [3.8, 4) is 0 Å². The standard InChI is InChI=1S/C18H26N2O/c1-2-15-8-4-5-9-16(15)17(21)20-13-12-19-14-18(20)10-6-3-7-11-18/h4-5,8-9,19H,2-3,6-7,10-14H2,1H3. The van der Waals surface area contributed by atoms with Crippen molar-refractivity contribution in [3.63, 3.8) is 0 Å². The summed E-state index contributed by atoms with van der Waals surface area (Å²) in [6.45, 7) is 4.85. The lowest BCUT2D eigenvalue weighted by Crippen LogP contribution is -2.63. The van der Waals surface area contributed by atoms with Crippen molar-refractivity contribution in [1.29, 1.82) is 0 Å². The third kappa shape index (κ3) is 2.71. The molecule has 0 unspecified atom stereocenters. The molecule has 2 aliphatic rings. The fourth-order valence-corrected chi connectivity index (χ4v) is 4.00. The van der Waals surface area contributed by atoms with Crippen LogP contribution in [0.25, 0.3) is 0 Å². The van der Waals surface area contributed by atoms with Gasteiger partial charge in [-0.3, -0.25) is 4.79 Å². The van der Waals surface area contributed by atoms with E-state index < -0.39 is 0 Å². The van der Waals surface area contributed by atoms with Crippen LogP contribution in [-0.2, 0) is 6.42 Å². The maximum absolute atomic E-state index is 13.2. The zero-order valence-corrected chi connectivity index (χ0v) is 13.0. The highest BCUT2D eigenvalue weighted by atomic mass is 16.2. The van der Waals surface area contributed by atoms with E-state index in [2.05, 4.69) is 23.2 Å². The Hall–Kier alpha value is -1.35. The first kappa shape index (κ1) is 14.6. The summed E-state index contributed by atoms with van der Waals surface area (Å²) in [6.07, 6.45) is 7.04. The summed E-state index contributed by atoms with van der Waals surface area (Å²) >= 11 is 0. The van der Waals surface area contributed by atoms with E-state index in [1.165, 1.54) is 24.8 Å². The number of rotatable bonds is 2. The maximum Gasteiger partial charge on any atom is 0.254 e. The summed E-state index contributed by atoms with van der Waals surface area (Å²) in [6, 6.07) is 8.11. The Morgan fingerprint density at radius 1 is 1.24 bits per heavy atom. The predicted molar refractivity (Wildman–Crippen MR) is 85.5 cm³/mol. The van der Waals surface area contributed by atoms with E-state index in [0.717, 1.165) is 44.5 Å². The first-order valence-electron chi connectivity index (χ1n) is 8.37. The molecule has 0 atom stereocenters. The number of nitrogens with zero attached hydrogens (tertiary/aromatic N) is 1. The van der Waals surface area contributed by atoms with E-state index in [9.17, 15) is 4.79 Å². The molecule has 114 valence electrons. The minimum atomic E-state index is 0.0639. The molecular formula is C18H26N2O. The fourth-order valence-electron chi connectivity index (χ4n) is 4.00. The van der Waals surface area contributed by atoms with Gasteiger partial charge < -0.3 is 10.2 Å². The molecule has 1 aliphatic carbocycles. The molecule has 1 saturated heterocycles. The largest absolute Gasteiger partial charge is 0.330 e. The van der Waals surface area contributed by atoms with Gasteiger partial charge >= 0.3 is 0 Å². The Labute approximate surface area is 127 Å². The Morgan fingerprint density at radius 2 is 2.00 bits per heavy atom. The van der Waals surface area contributed by atoms with Gasteiger partial charge in [-0.05, 0) is 30.9 Å². The lowest BCUT2D eigenvalue weighted by atomic mass is 9.78. The van der Waals surface area contributed by atoms with Crippen LogP contribution in [0.2, 0.25) is 0 Å². The molecule has 1 heterocycles. The van der Waals surface area contributed by atoms with Crippen LogP contribution in [0.1, 0.15) is 54.9 Å². The van der Waals surface area contributed by atoms with Gasteiger partial charge in [0.25, 0.3) is 5.91 Å². The second kappa shape index (κ2) is 6.18. The van der Waals surface area contributed by atoms with Crippen molar-refractivity contribution in [1.82, 2.24) is 10.2 Å². The zero-order chi connectivity index (χ0) is 14.7. The molecule has 1 spiro atoms. The molecule has 2 fully saturated rings. The van der Waals surface area contributed by atoms with E-state index in [-0.39, 0.29) is 11.4 Å². The summed E-state index contributed by atoms with van der Waals surface area (Å²) in [4.78, 5) is 15.3. The van der Waals surface area contributed by atoms with Crippen molar-refractivity contribution in [3.05, 3.63) is 35.4 Å². The molecule has 1 aliphatic heterocycles. The summed E-state index contributed by atoms with van der Waals surface area (Å²) < 4.78 is 0. The molecule has 0 aromatic heterocycles. The van der Waals surface area contributed by atoms with Gasteiger partial charge in [-0.25, -0.2) is 0 Å². The summed E-state index contributed by atoms with van der Waals surface area (Å²) in [7, 11) is 0. The molecule has 0 radical (unpaired) electrons. The summed E-state index contributed by atoms with van der Waals surface area (Å²) in [5.74, 6) is 0.246. The quantitative estimate of drug-likeness (QED) is 0.906. The average molecular weight is 286 g/mol. The number of amides is 1. The smallest absolute Gasteiger partial charge is 0.254 e. The highest BCUT2D eigenvalue weighted by Crippen LogP contribution is 2.35. The first-order valence-corrected chi connectivity index (χ1v) is 8.37. The van der Waals surface area contributed by atoms with Gasteiger partial charge in [0.1, 0.15) is 0 Å². The number of benzene rings is 1. The molecule has 21 heavy (non-hydrogen) atoms. The molecule has 3 nitrogen and oxygen atoms in total. The van der Waals surface area contributed by atoms with Crippen LogP contribution in [0.4, 0.5) is 0 Å². The third-order valence-corrected chi connectivity index (χ3v) is 5.20. The number of nitrogens with one attached hydrogen (secondary N) is 1. The highest BCUT2D eigenvalue weighted by molar-refractivity contribution is 5.96. The highest BCUT2D eigenvalue weighted by Gasteiger charge is 2.42. The van der Waals surface area contributed by atoms with Crippen LogP contribution in [0.15, 0.2) is 24.3 Å². The van der Waals surface area contributed by atoms with E-state index >= 15 is 0 Å². The maximum atomic E-state index is 13.2. The van der Waals surface area contributed by atoms with E-state index in [1.807, 2.05) is 18.2 Å². The molecule has 1 N–H and O–H groups in total. The van der Waals surface area contributed by atoms with Crippen molar-refractivity contribution in [2.24, 2.45) is 0 Å². The van der Waals surface area contributed by atoms with Crippen LogP contribution in [0.5, 0.6) is 0 Å². The molecule has 1 saturated carbocycles. The number of hydrogen-bond donors (Lipinski definition) is 1. The van der Waals surface area contributed by atoms with E-state index in [1.54, 1.807) is 0 Å². The van der Waals surface area contributed by atoms with E-state index in [4.69, 9.17) is 0 Å². The van der Waals surface area contributed by atoms with Crippen LogP contribution in [-0.4, -0.2) is 36.0 Å². The molecule has 3 heteroatoms. The van der Waals surface area contributed by atoms with Gasteiger partial charge in [-0.2, -0.15) is 0 Å². The van der Waals surface area contributed by atoms with Crippen LogP contribution in [0, 0.1) is 0 Å². The number of aryl methyl sites for hydroxylation is 1. The summed E-state index contributed by atoms with van der Waals surface area (Å²) in [5.41, 5.74) is 2.15. The lowest BCUT2D eigenvalue weighted by molar-refractivity contribution is 0.0222. The van der Waals surface area contributed by atoms with Gasteiger partial charge in [0, 0.05) is 25.2 Å². The second-order valence-electron chi connectivity index (χ2n) is 6.43. The molecular weight excluding hydrogens is 260 g/mol. The first-order chi connectivity index (χ1) is 10.3. The van der Waals surface area contributed by atoms with Crippen LogP contribution in [0.3, 0.4) is 0 Å². The van der Waals surface area contributed by atoms with Crippen LogP contribution >= 0.6 is 0 Å². The Kier molecular flexibility index (Phi) is 4.29. The molecule has 1 aromatic carbocycles. The molecule has 1 amide bonds. The van der Waals surface area contributed by atoms with Crippen LogP contribution < -0.4 is 5.32 Å². The fraction of sp³-hybridized carbons (Fsp3) is 0.611. The Balaban J connectivity index is 1.91. The minimum Gasteiger partial charge on any atom is -0.330 e. The topological polar surface area (TPSA) is 32.3 Å². The number of carbonyl (C=O) groups excluding carboxylic acids is 1. The van der Waals surface area contributed by atoms with Crippen molar-refractivity contribution >= 4 is 5.91 Å². The van der Waals surface area contributed by atoms with Gasteiger partial charge in [-0.15, -0.1) is 0 Å².